The molecule has 0 aliphatic rings. The zero-order chi connectivity index (χ0) is 19.4. The van der Waals surface area contributed by atoms with E-state index in [0.29, 0.717) is 0 Å². The van der Waals surface area contributed by atoms with Crippen LogP contribution in [0.5, 0.6) is 0 Å². The van der Waals surface area contributed by atoms with Gasteiger partial charge < -0.3 is 51.1 Å². The van der Waals surface area contributed by atoms with Crippen LogP contribution >= 0.6 is 0 Å². The Balaban J connectivity index is 0. The Bertz CT molecular complexity index is 328. The molecule has 0 amide bonds. The molecule has 0 spiro atoms. The van der Waals surface area contributed by atoms with Crippen LogP contribution in [0.1, 0.15) is 0 Å². The Kier molecular flexibility index (Phi) is 13.9. The first-order valence-corrected chi connectivity index (χ1v) is 6.66. The van der Waals surface area contributed by atoms with Crippen LogP contribution in [0.15, 0.2) is 0 Å². The molecule has 0 radical (unpaired) electrons. The SMILES string of the molecule is O=C(CO)[C@@H](O)[C@H](O)[C@@H](O)CO.O=C(CO)[C@H](O)[C@@H](O)[C@@H](O)CO. The molecule has 144 valence electrons. The van der Waals surface area contributed by atoms with Gasteiger partial charge in [-0.2, -0.15) is 0 Å². The zero-order valence-electron chi connectivity index (χ0n) is 12.6. The fourth-order valence-electron chi connectivity index (χ4n) is 1.20. The van der Waals surface area contributed by atoms with E-state index in [1.165, 1.54) is 0 Å². The van der Waals surface area contributed by atoms with Crippen LogP contribution in [-0.2, 0) is 9.59 Å². The maximum atomic E-state index is 10.5. The largest absolute Gasteiger partial charge is 0.394 e. The van der Waals surface area contributed by atoms with E-state index in [-0.39, 0.29) is 0 Å². The quantitative estimate of drug-likeness (QED) is 0.175. The number of aliphatic hydroxyl groups is 10. The summed E-state index contributed by atoms with van der Waals surface area (Å²) < 4.78 is 0. The minimum Gasteiger partial charge on any atom is -0.394 e. The lowest BCUT2D eigenvalue weighted by Crippen LogP contribution is -2.44. The van der Waals surface area contributed by atoms with Gasteiger partial charge in [0, 0.05) is 0 Å². The van der Waals surface area contributed by atoms with E-state index in [9.17, 15) is 9.59 Å². The molecule has 0 fully saturated rings. The molecule has 0 aliphatic carbocycles. The van der Waals surface area contributed by atoms with Gasteiger partial charge in [-0.1, -0.05) is 0 Å². The molecule has 0 heterocycles. The molecule has 0 bridgehead atoms. The molecule has 0 aromatic rings. The van der Waals surface area contributed by atoms with Gasteiger partial charge in [0.1, 0.15) is 49.8 Å². The first-order chi connectivity index (χ1) is 11.1. The highest BCUT2D eigenvalue weighted by Crippen LogP contribution is 2.01. The van der Waals surface area contributed by atoms with E-state index in [4.69, 9.17) is 51.1 Å². The average molecular weight is 360 g/mol. The Labute approximate surface area is 136 Å². The summed E-state index contributed by atoms with van der Waals surface area (Å²) in [5.41, 5.74) is 0. The van der Waals surface area contributed by atoms with Crippen molar-refractivity contribution >= 4 is 11.6 Å². The van der Waals surface area contributed by atoms with Crippen molar-refractivity contribution in [3.8, 4) is 0 Å². The zero-order valence-corrected chi connectivity index (χ0v) is 12.6. The van der Waals surface area contributed by atoms with E-state index in [1.54, 1.807) is 0 Å². The minimum absolute atomic E-state index is 0.767. The normalized spacial score (nSPS) is 18.4. The summed E-state index contributed by atoms with van der Waals surface area (Å²) in [6.07, 6.45) is -10.4. The summed E-state index contributed by atoms with van der Waals surface area (Å²) in [4.78, 5) is 21.0. The standard InChI is InChI=1S/2C6H12O6/c2*7-1-3(9)5(11)6(12)4(10)2-8/h2*3,5-9,11-12H,1-2H2/t3-,5+,6+;3-,5-,6-/m00/s1. The van der Waals surface area contributed by atoms with E-state index in [0.717, 1.165) is 0 Å². The lowest BCUT2D eigenvalue weighted by atomic mass is 10.1. The summed E-state index contributed by atoms with van der Waals surface area (Å²) in [5, 5.41) is 86.1. The second-order valence-electron chi connectivity index (χ2n) is 4.62. The van der Waals surface area contributed by atoms with Gasteiger partial charge in [-0.25, -0.2) is 0 Å². The molecule has 12 heteroatoms. The van der Waals surface area contributed by atoms with Crippen molar-refractivity contribution in [1.29, 1.82) is 0 Å². The van der Waals surface area contributed by atoms with Crippen LogP contribution in [0.2, 0.25) is 0 Å². The third-order valence-electron chi connectivity index (χ3n) is 2.78. The number of rotatable bonds is 10. The van der Waals surface area contributed by atoms with Gasteiger partial charge in [0.05, 0.1) is 13.2 Å². The summed E-state index contributed by atoms with van der Waals surface area (Å²) in [5.74, 6) is -2.01. The second-order valence-corrected chi connectivity index (χ2v) is 4.62. The number of hydrogen-bond donors (Lipinski definition) is 10. The molecule has 0 saturated carbocycles. The van der Waals surface area contributed by atoms with Crippen molar-refractivity contribution in [3.63, 3.8) is 0 Å². The van der Waals surface area contributed by atoms with Gasteiger partial charge >= 0.3 is 0 Å². The number of carbonyl (C=O) groups excluding carboxylic acids is 2. The fourth-order valence-corrected chi connectivity index (χ4v) is 1.20. The van der Waals surface area contributed by atoms with E-state index in [2.05, 4.69) is 0 Å². The molecule has 0 rings (SSSR count). The number of Topliss-reactive ketones (excluding diaryl/α,β-unsaturated/α-hetero) is 2. The van der Waals surface area contributed by atoms with Crippen LogP contribution in [0.25, 0.3) is 0 Å². The van der Waals surface area contributed by atoms with Gasteiger partial charge in [-0.05, 0) is 0 Å². The first kappa shape index (κ1) is 25.2. The van der Waals surface area contributed by atoms with Gasteiger partial charge in [-0.15, -0.1) is 0 Å². The Morgan fingerprint density at radius 1 is 0.583 bits per heavy atom. The summed E-state index contributed by atoms with van der Waals surface area (Å²) in [7, 11) is 0. The van der Waals surface area contributed by atoms with Crippen molar-refractivity contribution in [2.45, 2.75) is 36.6 Å². The molecule has 6 atom stereocenters. The van der Waals surface area contributed by atoms with Crippen molar-refractivity contribution < 1.29 is 60.7 Å². The third-order valence-corrected chi connectivity index (χ3v) is 2.78. The van der Waals surface area contributed by atoms with Crippen LogP contribution in [0.4, 0.5) is 0 Å². The van der Waals surface area contributed by atoms with E-state index < -0.39 is 74.6 Å². The van der Waals surface area contributed by atoms with Gasteiger partial charge in [0.2, 0.25) is 0 Å². The topological polar surface area (TPSA) is 236 Å². The van der Waals surface area contributed by atoms with Crippen LogP contribution in [-0.4, -0.2) is 126 Å². The van der Waals surface area contributed by atoms with E-state index >= 15 is 0 Å². The number of carbonyl (C=O) groups is 2. The Morgan fingerprint density at radius 2 is 0.833 bits per heavy atom. The molecule has 0 saturated heterocycles. The Hall–Kier alpha value is -1.06. The highest BCUT2D eigenvalue weighted by atomic mass is 16.4. The maximum absolute atomic E-state index is 10.5. The highest BCUT2D eigenvalue weighted by Gasteiger charge is 2.29. The highest BCUT2D eigenvalue weighted by molar-refractivity contribution is 5.84. The van der Waals surface area contributed by atoms with Crippen LogP contribution in [0.3, 0.4) is 0 Å². The molecule has 24 heavy (non-hydrogen) atoms. The number of aliphatic hydroxyl groups excluding tert-OH is 10. The average Bonchev–Trinajstić information content (AvgIpc) is 2.62. The lowest BCUT2D eigenvalue weighted by molar-refractivity contribution is -0.143. The molecular weight excluding hydrogens is 336 g/mol. The third kappa shape index (κ3) is 8.70. The molecular formula is C12H24O12. The van der Waals surface area contributed by atoms with Crippen LogP contribution < -0.4 is 0 Å². The Morgan fingerprint density at radius 3 is 1.00 bits per heavy atom. The molecule has 0 aromatic carbocycles. The molecule has 10 N–H and O–H groups in total. The van der Waals surface area contributed by atoms with Gasteiger partial charge in [0.15, 0.2) is 11.6 Å². The smallest absolute Gasteiger partial charge is 0.189 e. The molecule has 0 aromatic heterocycles. The maximum Gasteiger partial charge on any atom is 0.189 e. The monoisotopic (exact) mass is 360 g/mol. The number of ketones is 2. The minimum atomic E-state index is -1.86. The lowest BCUT2D eigenvalue weighted by Gasteiger charge is -2.19. The van der Waals surface area contributed by atoms with Crippen molar-refractivity contribution in [2.75, 3.05) is 26.4 Å². The summed E-state index contributed by atoms with van der Waals surface area (Å²) in [6.45, 7) is -3.37. The van der Waals surface area contributed by atoms with E-state index in [1.807, 2.05) is 0 Å². The second kappa shape index (κ2) is 13.3. The van der Waals surface area contributed by atoms with Crippen molar-refractivity contribution in [2.24, 2.45) is 0 Å². The van der Waals surface area contributed by atoms with Crippen molar-refractivity contribution in [1.82, 2.24) is 0 Å². The molecule has 12 nitrogen and oxygen atoms in total. The van der Waals surface area contributed by atoms with Crippen molar-refractivity contribution in [3.05, 3.63) is 0 Å². The van der Waals surface area contributed by atoms with Crippen LogP contribution in [0, 0.1) is 0 Å². The summed E-state index contributed by atoms with van der Waals surface area (Å²) in [6, 6.07) is 0. The predicted octanol–water partition coefficient (Wildman–Crippen LogP) is -6.75. The van der Waals surface area contributed by atoms with Gasteiger partial charge in [-0.3, -0.25) is 9.59 Å². The van der Waals surface area contributed by atoms with Gasteiger partial charge in [0.25, 0.3) is 0 Å². The molecule has 0 aliphatic heterocycles. The first-order valence-electron chi connectivity index (χ1n) is 6.66. The number of hydrogen-bond acceptors (Lipinski definition) is 12. The predicted molar refractivity (Wildman–Crippen MR) is 74.4 cm³/mol. The summed E-state index contributed by atoms with van der Waals surface area (Å²) >= 11 is 0. The molecule has 0 unspecified atom stereocenters. The fraction of sp³-hybridized carbons (Fsp3) is 0.833.